The van der Waals surface area contributed by atoms with Gasteiger partial charge in [0, 0.05) is 17.9 Å². The van der Waals surface area contributed by atoms with E-state index in [9.17, 15) is 0 Å². The summed E-state index contributed by atoms with van der Waals surface area (Å²) in [5.41, 5.74) is 2.40. The highest BCUT2D eigenvalue weighted by Crippen LogP contribution is 2.31. The zero-order valence-corrected chi connectivity index (χ0v) is 12.5. The van der Waals surface area contributed by atoms with Crippen LogP contribution in [0.5, 0.6) is 0 Å². The molecular weight excluding hydrogens is 266 g/mol. The molecule has 0 radical (unpaired) electrons. The molecule has 2 aromatic rings. The van der Waals surface area contributed by atoms with Crippen molar-refractivity contribution < 1.29 is 0 Å². The number of hydrogen-bond acceptors (Lipinski definition) is 3. The van der Waals surface area contributed by atoms with Crippen LogP contribution in [-0.4, -0.2) is 20.7 Å². The fraction of sp³-hybridized carbons (Fsp3) is 0.500. The van der Waals surface area contributed by atoms with Crippen molar-refractivity contribution in [2.75, 3.05) is 5.75 Å². The molecule has 0 bridgehead atoms. The molecule has 1 aromatic heterocycles. The maximum Gasteiger partial charge on any atom is 0.0874 e. The van der Waals surface area contributed by atoms with Gasteiger partial charge in [0.05, 0.1) is 11.7 Å². The molecular formula is C16H21N3S. The summed E-state index contributed by atoms with van der Waals surface area (Å²) in [6, 6.07) is 10.6. The molecule has 1 saturated carbocycles. The molecule has 106 valence electrons. The molecule has 1 aliphatic carbocycles. The minimum atomic E-state index is 0.171. The second-order valence-corrected chi connectivity index (χ2v) is 5.93. The second-order valence-electron chi connectivity index (χ2n) is 5.57. The Kier molecular flexibility index (Phi) is 4.41. The van der Waals surface area contributed by atoms with Gasteiger partial charge in [-0.3, -0.25) is 0 Å². The number of hydrogen-bond donors (Lipinski definition) is 1. The molecule has 0 aliphatic heterocycles. The van der Waals surface area contributed by atoms with Crippen LogP contribution in [0.2, 0.25) is 0 Å². The van der Waals surface area contributed by atoms with E-state index in [1.54, 1.807) is 0 Å². The molecule has 1 aliphatic rings. The monoisotopic (exact) mass is 287 g/mol. The molecule has 4 heteroatoms. The van der Waals surface area contributed by atoms with Crippen LogP contribution in [0.3, 0.4) is 0 Å². The Morgan fingerprint density at radius 1 is 1.15 bits per heavy atom. The highest BCUT2D eigenvalue weighted by atomic mass is 32.1. The lowest BCUT2D eigenvalue weighted by atomic mass is 9.87. The van der Waals surface area contributed by atoms with E-state index < -0.39 is 0 Å². The van der Waals surface area contributed by atoms with Gasteiger partial charge in [-0.15, -0.1) is 5.10 Å². The van der Waals surface area contributed by atoms with Crippen molar-refractivity contribution in [3.63, 3.8) is 0 Å². The third-order valence-electron chi connectivity index (χ3n) is 4.23. The van der Waals surface area contributed by atoms with Crippen molar-refractivity contribution >= 4 is 12.6 Å². The maximum absolute atomic E-state index is 4.49. The van der Waals surface area contributed by atoms with Gasteiger partial charge in [0.2, 0.25) is 0 Å². The predicted molar refractivity (Wildman–Crippen MR) is 84.3 cm³/mol. The summed E-state index contributed by atoms with van der Waals surface area (Å²) in [7, 11) is 0. The van der Waals surface area contributed by atoms with E-state index in [0.717, 1.165) is 11.4 Å². The molecule has 1 unspecified atom stereocenters. The Hall–Kier alpha value is -1.29. The largest absolute Gasteiger partial charge is 0.244 e. The van der Waals surface area contributed by atoms with E-state index in [2.05, 4.69) is 53.4 Å². The molecule has 20 heavy (non-hydrogen) atoms. The van der Waals surface area contributed by atoms with Crippen molar-refractivity contribution in [3.8, 4) is 0 Å². The average molecular weight is 287 g/mol. The van der Waals surface area contributed by atoms with Gasteiger partial charge in [-0.1, -0.05) is 54.8 Å². The van der Waals surface area contributed by atoms with Crippen molar-refractivity contribution in [1.29, 1.82) is 0 Å². The van der Waals surface area contributed by atoms with Gasteiger partial charge in [0.25, 0.3) is 0 Å². The molecule has 1 aromatic carbocycles. The molecule has 0 N–H and O–H groups in total. The number of rotatable bonds is 4. The molecule has 0 spiro atoms. The van der Waals surface area contributed by atoms with E-state index in [-0.39, 0.29) is 6.04 Å². The van der Waals surface area contributed by atoms with Gasteiger partial charge in [-0.25, -0.2) is 4.68 Å². The van der Waals surface area contributed by atoms with Crippen LogP contribution in [0.15, 0.2) is 36.5 Å². The zero-order chi connectivity index (χ0) is 13.8. The first-order chi connectivity index (χ1) is 9.88. The van der Waals surface area contributed by atoms with E-state index in [0.29, 0.717) is 5.92 Å². The van der Waals surface area contributed by atoms with E-state index in [1.165, 1.54) is 37.7 Å². The van der Waals surface area contributed by atoms with Gasteiger partial charge in [0.15, 0.2) is 0 Å². The number of aromatic nitrogens is 3. The van der Waals surface area contributed by atoms with Crippen LogP contribution in [0.1, 0.15) is 55.3 Å². The Balaban J connectivity index is 1.81. The van der Waals surface area contributed by atoms with Gasteiger partial charge in [0.1, 0.15) is 0 Å². The summed E-state index contributed by atoms with van der Waals surface area (Å²) in [5.74, 6) is 1.34. The lowest BCUT2D eigenvalue weighted by molar-refractivity contribution is 0.436. The fourth-order valence-corrected chi connectivity index (χ4v) is 3.42. The Morgan fingerprint density at radius 2 is 1.90 bits per heavy atom. The number of thiol groups is 1. The number of benzene rings is 1. The standard InChI is InChI=1S/C16H21N3S/c20-12-16(14-9-5-2-6-10-14)19-11-15(17-18-19)13-7-3-1-4-8-13/h2,5-6,9-11,13,16,20H,1,3-4,7-8,12H2. The van der Waals surface area contributed by atoms with Crippen molar-refractivity contribution in [2.45, 2.75) is 44.1 Å². The van der Waals surface area contributed by atoms with Crippen molar-refractivity contribution in [3.05, 3.63) is 47.8 Å². The van der Waals surface area contributed by atoms with Crippen LogP contribution in [0, 0.1) is 0 Å². The van der Waals surface area contributed by atoms with Crippen molar-refractivity contribution in [2.24, 2.45) is 0 Å². The summed E-state index contributed by atoms with van der Waals surface area (Å²) in [6.45, 7) is 0. The Morgan fingerprint density at radius 3 is 2.60 bits per heavy atom. The van der Waals surface area contributed by atoms with Crippen LogP contribution < -0.4 is 0 Å². The molecule has 1 fully saturated rings. The van der Waals surface area contributed by atoms with E-state index in [1.807, 2.05) is 10.7 Å². The zero-order valence-electron chi connectivity index (χ0n) is 11.7. The molecule has 3 nitrogen and oxygen atoms in total. The quantitative estimate of drug-likeness (QED) is 0.866. The van der Waals surface area contributed by atoms with Crippen molar-refractivity contribution in [1.82, 2.24) is 15.0 Å². The van der Waals surface area contributed by atoms with Crippen LogP contribution in [-0.2, 0) is 0 Å². The smallest absolute Gasteiger partial charge is 0.0874 e. The molecule has 3 rings (SSSR count). The summed E-state index contributed by atoms with van der Waals surface area (Å²) < 4.78 is 1.98. The highest BCUT2D eigenvalue weighted by molar-refractivity contribution is 7.80. The fourth-order valence-electron chi connectivity index (χ4n) is 3.05. The van der Waals surface area contributed by atoms with E-state index in [4.69, 9.17) is 0 Å². The average Bonchev–Trinajstić information content (AvgIpc) is 3.00. The van der Waals surface area contributed by atoms with Crippen LogP contribution in [0.25, 0.3) is 0 Å². The van der Waals surface area contributed by atoms with E-state index >= 15 is 0 Å². The molecule has 1 atom stereocenters. The third-order valence-corrected chi connectivity index (χ3v) is 4.57. The molecule has 0 saturated heterocycles. The Bertz CT molecular complexity index is 532. The van der Waals surface area contributed by atoms with Gasteiger partial charge < -0.3 is 0 Å². The lowest BCUT2D eigenvalue weighted by Crippen LogP contribution is -2.13. The van der Waals surface area contributed by atoms with Gasteiger partial charge in [-0.2, -0.15) is 12.6 Å². The normalized spacial score (nSPS) is 18.1. The maximum atomic E-state index is 4.49. The lowest BCUT2D eigenvalue weighted by Gasteiger charge is -2.19. The second kappa shape index (κ2) is 6.44. The highest BCUT2D eigenvalue weighted by Gasteiger charge is 2.20. The number of nitrogens with zero attached hydrogens (tertiary/aromatic N) is 3. The van der Waals surface area contributed by atoms with Gasteiger partial charge in [-0.05, 0) is 18.4 Å². The summed E-state index contributed by atoms with van der Waals surface area (Å²) in [5, 5.41) is 8.77. The SMILES string of the molecule is SCC(c1ccccc1)n1cc(C2CCCCC2)nn1. The minimum Gasteiger partial charge on any atom is -0.244 e. The summed E-state index contributed by atoms with van der Waals surface area (Å²) >= 11 is 4.49. The molecule has 0 amide bonds. The topological polar surface area (TPSA) is 30.7 Å². The minimum absolute atomic E-state index is 0.171. The third kappa shape index (κ3) is 2.90. The first-order valence-electron chi connectivity index (χ1n) is 7.46. The molecule has 1 heterocycles. The first-order valence-corrected chi connectivity index (χ1v) is 8.09. The summed E-state index contributed by atoms with van der Waals surface area (Å²) in [4.78, 5) is 0. The first kappa shape index (κ1) is 13.7. The Labute approximate surface area is 125 Å². The van der Waals surface area contributed by atoms with Crippen LogP contribution in [0.4, 0.5) is 0 Å². The predicted octanol–water partition coefficient (Wildman–Crippen LogP) is 3.85. The summed E-state index contributed by atoms with van der Waals surface area (Å²) in [6.07, 6.45) is 8.67. The van der Waals surface area contributed by atoms with Crippen LogP contribution >= 0.6 is 12.6 Å². The van der Waals surface area contributed by atoms with Gasteiger partial charge >= 0.3 is 0 Å².